The summed E-state index contributed by atoms with van der Waals surface area (Å²) in [6.45, 7) is 3.51. The molecule has 1 aromatic carbocycles. The molecule has 1 aliphatic rings. The smallest absolute Gasteiger partial charge is 0.222 e. The predicted octanol–water partition coefficient (Wildman–Crippen LogP) is 2.08. The molecule has 3 aromatic rings. The lowest BCUT2D eigenvalue weighted by molar-refractivity contribution is -0.133. The van der Waals surface area contributed by atoms with Crippen molar-refractivity contribution in [3.05, 3.63) is 48.2 Å². The highest BCUT2D eigenvalue weighted by molar-refractivity contribution is 5.77. The molecule has 0 radical (unpaired) electrons. The number of nitrogens with one attached hydrogen (secondary N) is 1. The third kappa shape index (κ3) is 4.59. The zero-order chi connectivity index (χ0) is 21.1. The van der Waals surface area contributed by atoms with Gasteiger partial charge in [-0.25, -0.2) is 15.0 Å². The summed E-state index contributed by atoms with van der Waals surface area (Å²) >= 11 is 0. The largest absolute Gasteiger partial charge is 0.386 e. The fourth-order valence-corrected chi connectivity index (χ4v) is 4.12. The van der Waals surface area contributed by atoms with Gasteiger partial charge in [0.1, 0.15) is 18.0 Å². The lowest BCUT2D eigenvalue weighted by atomic mass is 9.92. The van der Waals surface area contributed by atoms with Crippen molar-refractivity contribution in [1.29, 1.82) is 0 Å². The van der Waals surface area contributed by atoms with Crippen molar-refractivity contribution in [2.24, 2.45) is 0 Å². The van der Waals surface area contributed by atoms with Crippen molar-refractivity contribution in [1.82, 2.24) is 24.8 Å². The highest BCUT2D eigenvalue weighted by Gasteiger charge is 2.35. The standard InChI is InChI=1S/C22H28N6O2/c1-16-12-20(24-15-23-16)28-11-5-10-22(30,14-28)13-27(2)21(29)9-8-19-25-17-6-3-4-7-18(17)26-19/h3-4,6-7,12,15,30H,5,8-11,13-14H2,1-2H3,(H,25,26). The van der Waals surface area contributed by atoms with Gasteiger partial charge in [0.15, 0.2) is 0 Å². The van der Waals surface area contributed by atoms with Gasteiger partial charge in [-0.2, -0.15) is 0 Å². The van der Waals surface area contributed by atoms with Crippen LogP contribution in [0.1, 0.15) is 30.8 Å². The number of hydrogen-bond acceptors (Lipinski definition) is 6. The van der Waals surface area contributed by atoms with Crippen LogP contribution in [0, 0.1) is 6.92 Å². The molecule has 1 fully saturated rings. The van der Waals surface area contributed by atoms with Crippen molar-refractivity contribution in [3.63, 3.8) is 0 Å². The molecule has 8 heteroatoms. The van der Waals surface area contributed by atoms with E-state index in [1.165, 1.54) is 0 Å². The number of imidazole rings is 1. The number of hydrogen-bond donors (Lipinski definition) is 2. The Labute approximate surface area is 176 Å². The molecule has 1 aliphatic heterocycles. The first-order chi connectivity index (χ1) is 14.4. The van der Waals surface area contributed by atoms with E-state index in [1.807, 2.05) is 37.3 Å². The Kier molecular flexibility index (Phi) is 5.67. The number of para-hydroxylation sites is 2. The zero-order valence-electron chi connectivity index (χ0n) is 17.5. The maximum atomic E-state index is 12.7. The van der Waals surface area contributed by atoms with Gasteiger partial charge in [0.05, 0.1) is 23.2 Å². The average Bonchev–Trinajstić information content (AvgIpc) is 3.14. The van der Waals surface area contributed by atoms with Crippen LogP contribution in [0.3, 0.4) is 0 Å². The SMILES string of the molecule is Cc1cc(N2CCCC(O)(CN(C)C(=O)CCc3nc4ccccc4[nH]3)C2)ncn1. The van der Waals surface area contributed by atoms with Crippen molar-refractivity contribution < 1.29 is 9.90 Å². The molecule has 158 valence electrons. The molecule has 1 unspecified atom stereocenters. The lowest BCUT2D eigenvalue weighted by Gasteiger charge is -2.41. The molecule has 0 aliphatic carbocycles. The number of aromatic amines is 1. The van der Waals surface area contributed by atoms with Crippen LogP contribution in [0.2, 0.25) is 0 Å². The highest BCUT2D eigenvalue weighted by Crippen LogP contribution is 2.26. The topological polar surface area (TPSA) is 98.2 Å². The second-order valence-corrected chi connectivity index (χ2v) is 8.22. The summed E-state index contributed by atoms with van der Waals surface area (Å²) in [4.78, 5) is 32.7. The first-order valence-corrected chi connectivity index (χ1v) is 10.4. The van der Waals surface area contributed by atoms with Crippen LogP contribution in [0.25, 0.3) is 11.0 Å². The Morgan fingerprint density at radius 1 is 1.33 bits per heavy atom. The number of aromatic nitrogens is 4. The number of carbonyl (C=O) groups excluding carboxylic acids is 1. The molecule has 8 nitrogen and oxygen atoms in total. The number of amides is 1. The van der Waals surface area contributed by atoms with Crippen LogP contribution in [0.5, 0.6) is 0 Å². The van der Waals surface area contributed by atoms with E-state index in [2.05, 4.69) is 24.8 Å². The fourth-order valence-electron chi connectivity index (χ4n) is 4.12. The van der Waals surface area contributed by atoms with E-state index >= 15 is 0 Å². The molecule has 3 heterocycles. The van der Waals surface area contributed by atoms with Gasteiger partial charge < -0.3 is 19.9 Å². The predicted molar refractivity (Wildman–Crippen MR) is 115 cm³/mol. The Bertz CT molecular complexity index is 1000. The number of H-pyrrole nitrogens is 1. The van der Waals surface area contributed by atoms with E-state index < -0.39 is 5.60 Å². The fraction of sp³-hybridized carbons (Fsp3) is 0.455. The van der Waals surface area contributed by atoms with Crippen LogP contribution in [0.4, 0.5) is 5.82 Å². The Balaban J connectivity index is 1.34. The summed E-state index contributed by atoms with van der Waals surface area (Å²) in [6, 6.07) is 9.76. The van der Waals surface area contributed by atoms with E-state index in [4.69, 9.17) is 0 Å². The van der Waals surface area contributed by atoms with Gasteiger partial charge in [-0.05, 0) is 31.9 Å². The van der Waals surface area contributed by atoms with Crippen molar-refractivity contribution >= 4 is 22.8 Å². The van der Waals surface area contributed by atoms with Crippen LogP contribution >= 0.6 is 0 Å². The van der Waals surface area contributed by atoms with Crippen molar-refractivity contribution in [2.75, 3.05) is 31.6 Å². The Hall–Kier alpha value is -3.00. The number of nitrogens with zero attached hydrogens (tertiary/aromatic N) is 5. The third-order valence-corrected chi connectivity index (χ3v) is 5.64. The normalized spacial score (nSPS) is 19.2. The second-order valence-electron chi connectivity index (χ2n) is 8.22. The van der Waals surface area contributed by atoms with E-state index in [1.54, 1.807) is 18.3 Å². The molecule has 2 aromatic heterocycles. The number of piperidine rings is 1. The minimum absolute atomic E-state index is 0.00103. The lowest BCUT2D eigenvalue weighted by Crippen LogP contribution is -2.55. The molecule has 4 rings (SSSR count). The summed E-state index contributed by atoms with van der Waals surface area (Å²) in [5, 5.41) is 11.2. The number of aryl methyl sites for hydroxylation is 2. The van der Waals surface area contributed by atoms with Gasteiger partial charge in [-0.15, -0.1) is 0 Å². The summed E-state index contributed by atoms with van der Waals surface area (Å²) < 4.78 is 0. The van der Waals surface area contributed by atoms with Crippen LogP contribution in [-0.4, -0.2) is 68.1 Å². The van der Waals surface area contributed by atoms with Gasteiger partial charge in [0.2, 0.25) is 5.91 Å². The monoisotopic (exact) mass is 408 g/mol. The molecule has 0 bridgehead atoms. The number of benzene rings is 1. The number of likely N-dealkylation sites (N-methyl/N-ethyl adjacent to an activating group) is 1. The molecule has 2 N–H and O–H groups in total. The van der Waals surface area contributed by atoms with Crippen LogP contribution < -0.4 is 4.90 Å². The van der Waals surface area contributed by atoms with Crippen molar-refractivity contribution in [3.8, 4) is 0 Å². The molecule has 1 saturated heterocycles. The van der Waals surface area contributed by atoms with Crippen LogP contribution in [-0.2, 0) is 11.2 Å². The van der Waals surface area contributed by atoms with E-state index in [-0.39, 0.29) is 5.91 Å². The minimum atomic E-state index is -0.957. The Morgan fingerprint density at radius 3 is 2.97 bits per heavy atom. The molecule has 1 atom stereocenters. The molecular weight excluding hydrogens is 380 g/mol. The van der Waals surface area contributed by atoms with Crippen molar-refractivity contribution in [2.45, 2.75) is 38.2 Å². The number of rotatable bonds is 6. The summed E-state index contributed by atoms with van der Waals surface area (Å²) in [7, 11) is 1.76. The first kappa shape index (κ1) is 20.3. The number of carbonyl (C=O) groups is 1. The zero-order valence-corrected chi connectivity index (χ0v) is 17.5. The number of anilines is 1. The number of aliphatic hydroxyl groups is 1. The molecule has 30 heavy (non-hydrogen) atoms. The van der Waals surface area contributed by atoms with Gasteiger partial charge in [0.25, 0.3) is 0 Å². The minimum Gasteiger partial charge on any atom is -0.386 e. The summed E-state index contributed by atoms with van der Waals surface area (Å²) in [5.41, 5.74) is 1.82. The highest BCUT2D eigenvalue weighted by atomic mass is 16.3. The molecule has 0 saturated carbocycles. The van der Waals surface area contributed by atoms with E-state index in [0.29, 0.717) is 32.4 Å². The maximum absolute atomic E-state index is 12.7. The van der Waals surface area contributed by atoms with Crippen LogP contribution in [0.15, 0.2) is 36.7 Å². The van der Waals surface area contributed by atoms with Gasteiger partial charge in [-0.1, -0.05) is 12.1 Å². The molecular formula is C22H28N6O2. The molecule has 0 spiro atoms. The Morgan fingerprint density at radius 2 is 2.17 bits per heavy atom. The average molecular weight is 409 g/mol. The first-order valence-electron chi connectivity index (χ1n) is 10.4. The van der Waals surface area contributed by atoms with Gasteiger partial charge in [0, 0.05) is 44.7 Å². The molecule has 1 amide bonds. The van der Waals surface area contributed by atoms with Gasteiger partial charge in [-0.3, -0.25) is 4.79 Å². The summed E-state index contributed by atoms with van der Waals surface area (Å²) in [5.74, 6) is 1.62. The number of fused-ring (bicyclic) bond motifs is 1. The van der Waals surface area contributed by atoms with E-state index in [9.17, 15) is 9.90 Å². The maximum Gasteiger partial charge on any atom is 0.222 e. The summed E-state index contributed by atoms with van der Waals surface area (Å²) in [6.07, 6.45) is 3.95. The number of β-amino-alcohol motifs (C(OH)–C–C–N with tert-alkyl or cyclic N) is 1. The quantitative estimate of drug-likeness (QED) is 0.648. The second kappa shape index (κ2) is 8.39. The van der Waals surface area contributed by atoms with E-state index in [0.717, 1.165) is 41.3 Å². The third-order valence-electron chi connectivity index (χ3n) is 5.64. The van der Waals surface area contributed by atoms with Gasteiger partial charge >= 0.3 is 0 Å².